The summed E-state index contributed by atoms with van der Waals surface area (Å²) < 4.78 is 0. The average Bonchev–Trinajstić information content (AvgIpc) is 3.13. The maximum Gasteiger partial charge on any atom is 0.255 e. The normalized spacial score (nSPS) is 15.8. The highest BCUT2D eigenvalue weighted by atomic mass is 35.5. The van der Waals surface area contributed by atoms with Crippen LogP contribution in [0.5, 0.6) is 0 Å². The van der Waals surface area contributed by atoms with Crippen LogP contribution in [0.1, 0.15) is 39.1 Å². The van der Waals surface area contributed by atoms with Crippen LogP contribution in [-0.2, 0) is 0 Å². The lowest BCUT2D eigenvalue weighted by molar-refractivity contribution is 0.0951. The van der Waals surface area contributed by atoms with Gasteiger partial charge in [-0.15, -0.1) is 12.4 Å². The van der Waals surface area contributed by atoms with Crippen molar-refractivity contribution >= 4 is 29.9 Å². The van der Waals surface area contributed by atoms with Gasteiger partial charge in [0.2, 0.25) is 0 Å². The van der Waals surface area contributed by atoms with E-state index in [1.54, 1.807) is 30.3 Å². The lowest BCUT2D eigenvalue weighted by Gasteiger charge is -2.14. The molecule has 138 valence electrons. The van der Waals surface area contributed by atoms with Crippen LogP contribution in [0.15, 0.2) is 48.5 Å². The molecule has 26 heavy (non-hydrogen) atoms. The molecule has 0 spiro atoms. The van der Waals surface area contributed by atoms with Gasteiger partial charge in [-0.1, -0.05) is 29.8 Å². The highest BCUT2D eigenvalue weighted by molar-refractivity contribution is 6.09. The second kappa shape index (κ2) is 9.36. The Morgan fingerprint density at radius 2 is 1.92 bits per heavy atom. The van der Waals surface area contributed by atoms with Gasteiger partial charge in [0.15, 0.2) is 0 Å². The standard InChI is InChI=1S/C20H23N3O2.ClH/c1-14-6-4-7-15(12-14)19(24)23-18-10-3-2-9-17(18)20(25)22-13-16-8-5-11-21-16;/h2-4,6-7,9-10,12,16,21H,5,8,11,13H2,1H3,(H,22,25)(H,23,24);1H. The molecule has 1 saturated heterocycles. The van der Waals surface area contributed by atoms with Crippen molar-refractivity contribution in [2.24, 2.45) is 0 Å². The molecule has 1 aliphatic rings. The van der Waals surface area contributed by atoms with Gasteiger partial charge in [-0.3, -0.25) is 9.59 Å². The molecule has 0 saturated carbocycles. The topological polar surface area (TPSA) is 70.2 Å². The molecule has 5 nitrogen and oxygen atoms in total. The second-order valence-corrected chi connectivity index (χ2v) is 6.37. The Hall–Kier alpha value is -2.37. The molecule has 1 aliphatic heterocycles. The van der Waals surface area contributed by atoms with Gasteiger partial charge in [0.05, 0.1) is 11.3 Å². The Bertz CT molecular complexity index is 773. The van der Waals surface area contributed by atoms with Crippen LogP contribution in [0.25, 0.3) is 0 Å². The quantitative estimate of drug-likeness (QED) is 0.754. The van der Waals surface area contributed by atoms with Crippen molar-refractivity contribution in [3.63, 3.8) is 0 Å². The van der Waals surface area contributed by atoms with Crippen LogP contribution < -0.4 is 16.0 Å². The van der Waals surface area contributed by atoms with Crippen molar-refractivity contribution in [2.75, 3.05) is 18.4 Å². The summed E-state index contributed by atoms with van der Waals surface area (Å²) in [5.41, 5.74) is 2.58. The largest absolute Gasteiger partial charge is 0.350 e. The van der Waals surface area contributed by atoms with Crippen LogP contribution in [0, 0.1) is 6.92 Å². The molecule has 0 radical (unpaired) electrons. The molecule has 1 heterocycles. The number of hydrogen-bond donors (Lipinski definition) is 3. The third-order valence-electron chi connectivity index (χ3n) is 4.37. The number of aryl methyl sites for hydroxylation is 1. The van der Waals surface area contributed by atoms with Crippen LogP contribution >= 0.6 is 12.4 Å². The molecular weight excluding hydrogens is 350 g/mol. The van der Waals surface area contributed by atoms with Crippen molar-refractivity contribution in [1.29, 1.82) is 0 Å². The summed E-state index contributed by atoms with van der Waals surface area (Å²) in [6, 6.07) is 14.8. The van der Waals surface area contributed by atoms with E-state index in [2.05, 4.69) is 16.0 Å². The first-order valence-electron chi connectivity index (χ1n) is 8.62. The van der Waals surface area contributed by atoms with E-state index < -0.39 is 0 Å². The predicted molar refractivity (Wildman–Crippen MR) is 106 cm³/mol. The highest BCUT2D eigenvalue weighted by Gasteiger charge is 2.17. The number of carbonyl (C=O) groups excluding carboxylic acids is 2. The average molecular weight is 374 g/mol. The molecule has 1 unspecified atom stereocenters. The van der Waals surface area contributed by atoms with Gasteiger partial charge in [-0.05, 0) is 50.6 Å². The van der Waals surface area contributed by atoms with Gasteiger partial charge < -0.3 is 16.0 Å². The van der Waals surface area contributed by atoms with Crippen LogP contribution in [0.4, 0.5) is 5.69 Å². The minimum absolute atomic E-state index is 0. The number of para-hydroxylation sites is 1. The van der Waals surface area contributed by atoms with Crippen molar-refractivity contribution < 1.29 is 9.59 Å². The lowest BCUT2D eigenvalue weighted by Crippen LogP contribution is -2.37. The molecule has 6 heteroatoms. The molecule has 0 bridgehead atoms. The van der Waals surface area contributed by atoms with E-state index in [9.17, 15) is 9.59 Å². The molecule has 1 atom stereocenters. The van der Waals surface area contributed by atoms with Crippen molar-refractivity contribution in [3.8, 4) is 0 Å². The summed E-state index contributed by atoms with van der Waals surface area (Å²) in [5.74, 6) is -0.393. The Morgan fingerprint density at radius 1 is 1.12 bits per heavy atom. The summed E-state index contributed by atoms with van der Waals surface area (Å²) in [4.78, 5) is 25.0. The molecule has 2 aromatic rings. The molecule has 2 amide bonds. The summed E-state index contributed by atoms with van der Waals surface area (Å²) in [6.45, 7) is 3.54. The summed E-state index contributed by atoms with van der Waals surface area (Å²) in [5, 5.41) is 9.15. The monoisotopic (exact) mass is 373 g/mol. The maximum atomic E-state index is 12.5. The molecule has 0 aliphatic carbocycles. The summed E-state index contributed by atoms with van der Waals surface area (Å²) in [7, 11) is 0. The number of benzene rings is 2. The number of nitrogens with one attached hydrogen (secondary N) is 3. The SMILES string of the molecule is Cc1cccc(C(=O)Nc2ccccc2C(=O)NCC2CCCN2)c1.Cl. The zero-order valence-electron chi connectivity index (χ0n) is 14.7. The van der Waals surface area contributed by atoms with Crippen molar-refractivity contribution in [2.45, 2.75) is 25.8 Å². The van der Waals surface area contributed by atoms with Crippen molar-refractivity contribution in [1.82, 2.24) is 10.6 Å². The first kappa shape index (κ1) is 19.9. The maximum absolute atomic E-state index is 12.5. The Morgan fingerprint density at radius 3 is 2.65 bits per heavy atom. The van der Waals surface area contributed by atoms with E-state index in [0.29, 0.717) is 29.4 Å². The van der Waals surface area contributed by atoms with E-state index in [1.165, 1.54) is 0 Å². The minimum Gasteiger partial charge on any atom is -0.350 e. The van der Waals surface area contributed by atoms with Crippen LogP contribution in [0.2, 0.25) is 0 Å². The number of halogens is 1. The fourth-order valence-corrected chi connectivity index (χ4v) is 3.01. The van der Waals surface area contributed by atoms with Gasteiger partial charge in [0.1, 0.15) is 0 Å². The Balaban J connectivity index is 0.00000243. The molecule has 3 N–H and O–H groups in total. The third kappa shape index (κ3) is 5.07. The van der Waals surface area contributed by atoms with Crippen molar-refractivity contribution in [3.05, 3.63) is 65.2 Å². The first-order chi connectivity index (χ1) is 12.1. The molecule has 1 fully saturated rings. The van der Waals surface area contributed by atoms with E-state index in [4.69, 9.17) is 0 Å². The van der Waals surface area contributed by atoms with Gasteiger partial charge >= 0.3 is 0 Å². The molecular formula is C20H24ClN3O2. The van der Waals surface area contributed by atoms with E-state index in [0.717, 1.165) is 24.9 Å². The third-order valence-corrected chi connectivity index (χ3v) is 4.37. The fraction of sp³-hybridized carbons (Fsp3) is 0.300. The second-order valence-electron chi connectivity index (χ2n) is 6.37. The van der Waals surface area contributed by atoms with Gasteiger partial charge in [-0.2, -0.15) is 0 Å². The fourth-order valence-electron chi connectivity index (χ4n) is 3.01. The molecule has 0 aromatic heterocycles. The van der Waals surface area contributed by atoms with Gasteiger partial charge in [0, 0.05) is 18.2 Å². The lowest BCUT2D eigenvalue weighted by atomic mass is 10.1. The zero-order valence-corrected chi connectivity index (χ0v) is 15.6. The van der Waals surface area contributed by atoms with E-state index in [1.807, 2.05) is 25.1 Å². The van der Waals surface area contributed by atoms with Gasteiger partial charge in [-0.25, -0.2) is 0 Å². The predicted octanol–water partition coefficient (Wildman–Crippen LogP) is 3.15. The number of rotatable bonds is 5. The number of amides is 2. The Labute approximate surface area is 160 Å². The summed E-state index contributed by atoms with van der Waals surface area (Å²) in [6.07, 6.45) is 2.22. The first-order valence-corrected chi connectivity index (χ1v) is 8.62. The van der Waals surface area contributed by atoms with E-state index >= 15 is 0 Å². The number of hydrogen-bond acceptors (Lipinski definition) is 3. The molecule has 3 rings (SSSR count). The van der Waals surface area contributed by atoms with Crippen LogP contribution in [0.3, 0.4) is 0 Å². The minimum atomic E-state index is -0.221. The zero-order chi connectivity index (χ0) is 17.6. The van der Waals surface area contributed by atoms with Crippen LogP contribution in [-0.4, -0.2) is 30.9 Å². The summed E-state index contributed by atoms with van der Waals surface area (Å²) >= 11 is 0. The smallest absolute Gasteiger partial charge is 0.255 e. The van der Waals surface area contributed by atoms with Gasteiger partial charge in [0.25, 0.3) is 11.8 Å². The molecule has 2 aromatic carbocycles. The highest BCUT2D eigenvalue weighted by Crippen LogP contribution is 2.17. The number of anilines is 1. The van der Waals surface area contributed by atoms with E-state index in [-0.39, 0.29) is 24.2 Å². The number of carbonyl (C=O) groups is 2. The Kier molecular flexibility index (Phi) is 7.18.